The number of hydrogen-bond donors (Lipinski definition) is 1. The number of imide groups is 1. The quantitative estimate of drug-likeness (QED) is 0.434. The van der Waals surface area contributed by atoms with Crippen molar-refractivity contribution in [2.45, 2.75) is 18.6 Å². The average molecular weight is 416 g/mol. The van der Waals surface area contributed by atoms with E-state index in [-0.39, 0.29) is 28.7 Å². The first-order valence-electron chi connectivity index (χ1n) is 8.95. The Morgan fingerprint density at radius 2 is 1.70 bits per heavy atom. The first kappa shape index (κ1) is 20.8. The summed E-state index contributed by atoms with van der Waals surface area (Å²) < 4.78 is 0. The smallest absolute Gasteiger partial charge is 0.247 e. The third-order valence-corrected chi connectivity index (χ3v) is 5.57. The molecule has 148 valence electrons. The van der Waals surface area contributed by atoms with E-state index in [1.807, 2.05) is 18.2 Å². The minimum absolute atomic E-state index is 0.0674. The summed E-state index contributed by atoms with van der Waals surface area (Å²) in [4.78, 5) is 37.9. The summed E-state index contributed by atoms with van der Waals surface area (Å²) in [5.41, 5.74) is 1.33. The van der Waals surface area contributed by atoms with Crippen LogP contribution < -0.4 is 10.2 Å². The predicted octanol–water partition coefficient (Wildman–Crippen LogP) is 3.63. The van der Waals surface area contributed by atoms with Crippen molar-refractivity contribution in [1.29, 1.82) is 10.5 Å². The number of allylic oxidation sites excluding steroid dienone is 1. The van der Waals surface area contributed by atoms with Crippen molar-refractivity contribution in [3.63, 3.8) is 0 Å². The molecule has 0 saturated carbocycles. The second-order valence-electron chi connectivity index (χ2n) is 6.40. The minimum atomic E-state index is -0.784. The number of anilines is 2. The van der Waals surface area contributed by atoms with Gasteiger partial charge < -0.3 is 5.32 Å². The van der Waals surface area contributed by atoms with Gasteiger partial charge in [0.05, 0.1) is 10.9 Å². The van der Waals surface area contributed by atoms with Gasteiger partial charge in [-0.3, -0.25) is 14.4 Å². The van der Waals surface area contributed by atoms with E-state index >= 15 is 0 Å². The Hall–Kier alpha value is -3.88. The zero-order valence-corrected chi connectivity index (χ0v) is 16.8. The Morgan fingerprint density at radius 1 is 1.07 bits per heavy atom. The van der Waals surface area contributed by atoms with Crippen LogP contribution in [0.15, 0.2) is 65.2 Å². The Morgan fingerprint density at radius 3 is 2.27 bits per heavy atom. The van der Waals surface area contributed by atoms with E-state index in [1.165, 1.54) is 6.92 Å². The third-order valence-electron chi connectivity index (χ3n) is 4.38. The summed E-state index contributed by atoms with van der Waals surface area (Å²) in [6, 6.07) is 18.8. The highest BCUT2D eigenvalue weighted by molar-refractivity contribution is 8.04. The SMILES string of the molecule is CC(=O)c1ccc(N2C(=O)CC(SC(Nc3ccccc3)=C(C#N)C#N)C2=O)cc1. The van der Waals surface area contributed by atoms with E-state index in [9.17, 15) is 24.9 Å². The highest BCUT2D eigenvalue weighted by Gasteiger charge is 2.41. The minimum Gasteiger partial charge on any atom is -0.349 e. The number of Topliss-reactive ketones (excluding diaryl/α,β-unsaturated/α-hetero) is 1. The van der Waals surface area contributed by atoms with Crippen LogP contribution in [0.1, 0.15) is 23.7 Å². The van der Waals surface area contributed by atoms with Crippen LogP contribution in [-0.4, -0.2) is 22.8 Å². The molecule has 0 aromatic heterocycles. The van der Waals surface area contributed by atoms with Gasteiger partial charge in [-0.05, 0) is 43.3 Å². The van der Waals surface area contributed by atoms with Crippen molar-refractivity contribution in [3.8, 4) is 12.1 Å². The van der Waals surface area contributed by atoms with Crippen LogP contribution in [-0.2, 0) is 9.59 Å². The molecule has 1 unspecified atom stereocenters. The van der Waals surface area contributed by atoms with Crippen molar-refractivity contribution in [1.82, 2.24) is 0 Å². The molecule has 1 aliphatic rings. The molecule has 0 bridgehead atoms. The first-order valence-corrected chi connectivity index (χ1v) is 9.83. The van der Waals surface area contributed by atoms with Crippen LogP contribution in [0.3, 0.4) is 0 Å². The molecule has 1 fully saturated rings. The van der Waals surface area contributed by atoms with E-state index in [4.69, 9.17) is 0 Å². The van der Waals surface area contributed by atoms with Crippen LogP contribution in [0.25, 0.3) is 0 Å². The molecule has 30 heavy (non-hydrogen) atoms. The second kappa shape index (κ2) is 9.08. The van der Waals surface area contributed by atoms with Gasteiger partial charge in [0.15, 0.2) is 11.4 Å². The maximum Gasteiger partial charge on any atom is 0.247 e. The zero-order valence-electron chi connectivity index (χ0n) is 16.0. The van der Waals surface area contributed by atoms with Crippen LogP contribution in [0.2, 0.25) is 0 Å². The fourth-order valence-electron chi connectivity index (χ4n) is 2.88. The van der Waals surface area contributed by atoms with Gasteiger partial charge >= 0.3 is 0 Å². The lowest BCUT2D eigenvalue weighted by molar-refractivity contribution is -0.121. The molecule has 7 nitrogen and oxygen atoms in total. The predicted molar refractivity (Wildman–Crippen MR) is 113 cm³/mol. The lowest BCUT2D eigenvalue weighted by Gasteiger charge is -2.16. The van der Waals surface area contributed by atoms with Crippen molar-refractivity contribution >= 4 is 40.7 Å². The largest absolute Gasteiger partial charge is 0.349 e. The van der Waals surface area contributed by atoms with Crippen molar-refractivity contribution in [2.24, 2.45) is 0 Å². The summed E-state index contributed by atoms with van der Waals surface area (Å²) >= 11 is 0.980. The molecule has 3 rings (SSSR count). The Balaban J connectivity index is 1.84. The van der Waals surface area contributed by atoms with Gasteiger partial charge in [0, 0.05) is 17.7 Å². The monoisotopic (exact) mass is 416 g/mol. The summed E-state index contributed by atoms with van der Waals surface area (Å²) in [5, 5.41) is 21.0. The number of nitrogens with zero attached hydrogens (tertiary/aromatic N) is 3. The molecule has 0 spiro atoms. The number of ketones is 1. The van der Waals surface area contributed by atoms with Gasteiger partial charge in [0.25, 0.3) is 0 Å². The molecule has 0 aliphatic carbocycles. The topological polar surface area (TPSA) is 114 Å². The van der Waals surface area contributed by atoms with Crippen LogP contribution in [0.5, 0.6) is 0 Å². The van der Waals surface area contributed by atoms with E-state index in [1.54, 1.807) is 48.5 Å². The molecular weight excluding hydrogens is 400 g/mol. The molecule has 0 radical (unpaired) electrons. The number of amides is 2. The number of benzene rings is 2. The number of hydrogen-bond acceptors (Lipinski definition) is 7. The van der Waals surface area contributed by atoms with Gasteiger partial charge in [-0.15, -0.1) is 0 Å². The van der Waals surface area contributed by atoms with Gasteiger partial charge in [0.1, 0.15) is 17.2 Å². The summed E-state index contributed by atoms with van der Waals surface area (Å²) in [7, 11) is 0. The maximum atomic E-state index is 12.9. The van der Waals surface area contributed by atoms with Crippen LogP contribution in [0.4, 0.5) is 11.4 Å². The van der Waals surface area contributed by atoms with Crippen molar-refractivity contribution in [2.75, 3.05) is 10.2 Å². The second-order valence-corrected chi connectivity index (χ2v) is 7.61. The molecule has 2 aromatic rings. The molecule has 2 aromatic carbocycles. The van der Waals surface area contributed by atoms with Crippen LogP contribution in [0, 0.1) is 22.7 Å². The molecule has 1 aliphatic heterocycles. The number of carbonyl (C=O) groups is 3. The molecule has 1 saturated heterocycles. The standard InChI is InChI=1S/C22H16N4O3S/c1-14(27)15-7-9-18(10-8-15)26-20(28)11-19(22(26)29)30-21(16(12-23)13-24)25-17-5-3-2-4-6-17/h2-10,19,25H,11H2,1H3. The molecular formula is C22H16N4O3S. The molecule has 8 heteroatoms. The Bertz CT molecular complexity index is 1100. The first-order chi connectivity index (χ1) is 14.4. The highest BCUT2D eigenvalue weighted by Crippen LogP contribution is 2.35. The fraction of sp³-hybridized carbons (Fsp3) is 0.136. The molecule has 1 atom stereocenters. The van der Waals surface area contributed by atoms with E-state index in [0.717, 1.165) is 16.7 Å². The summed E-state index contributed by atoms with van der Waals surface area (Å²) in [6.07, 6.45) is -0.0674. The number of nitrogens with one attached hydrogen (secondary N) is 1. The number of para-hydroxylation sites is 1. The molecule has 1 heterocycles. The van der Waals surface area contributed by atoms with E-state index in [0.29, 0.717) is 16.9 Å². The third kappa shape index (κ3) is 4.40. The maximum absolute atomic E-state index is 12.9. The Labute approximate surface area is 177 Å². The molecule has 1 N–H and O–H groups in total. The summed E-state index contributed by atoms with van der Waals surface area (Å²) in [5.74, 6) is -0.942. The highest BCUT2D eigenvalue weighted by atomic mass is 32.2. The van der Waals surface area contributed by atoms with Crippen molar-refractivity contribution < 1.29 is 14.4 Å². The molecule has 2 amide bonds. The number of carbonyl (C=O) groups excluding carboxylic acids is 3. The van der Waals surface area contributed by atoms with Crippen LogP contribution >= 0.6 is 11.8 Å². The van der Waals surface area contributed by atoms with Gasteiger partial charge in [-0.25, -0.2) is 4.90 Å². The average Bonchev–Trinajstić information content (AvgIpc) is 3.02. The number of nitriles is 2. The van der Waals surface area contributed by atoms with E-state index in [2.05, 4.69) is 5.32 Å². The van der Waals surface area contributed by atoms with Gasteiger partial charge in [-0.1, -0.05) is 30.0 Å². The normalized spacial score (nSPS) is 15.3. The number of rotatable bonds is 6. The lowest BCUT2D eigenvalue weighted by Crippen LogP contribution is -2.31. The van der Waals surface area contributed by atoms with Gasteiger partial charge in [0.2, 0.25) is 11.8 Å². The lowest BCUT2D eigenvalue weighted by atomic mass is 10.1. The number of thioether (sulfide) groups is 1. The fourth-order valence-corrected chi connectivity index (χ4v) is 3.99. The Kier molecular flexibility index (Phi) is 6.31. The van der Waals surface area contributed by atoms with E-state index < -0.39 is 11.2 Å². The van der Waals surface area contributed by atoms with Crippen molar-refractivity contribution in [3.05, 3.63) is 70.8 Å². The van der Waals surface area contributed by atoms with Gasteiger partial charge in [-0.2, -0.15) is 10.5 Å². The zero-order chi connectivity index (χ0) is 21.7. The summed E-state index contributed by atoms with van der Waals surface area (Å²) in [6.45, 7) is 1.43.